The van der Waals surface area contributed by atoms with Crippen LogP contribution in [0.5, 0.6) is 0 Å². The Balaban J connectivity index is 4.82. The van der Waals surface area contributed by atoms with Crippen molar-refractivity contribution < 1.29 is 31.5 Å². The first kappa shape index (κ1) is 18.3. The lowest BCUT2D eigenvalue weighted by molar-refractivity contribution is -0.269. The molecule has 0 aliphatic heterocycles. The average molecular weight is 354 g/mol. The smallest absolute Gasteiger partial charge is 0.350 e. The van der Waals surface area contributed by atoms with Crippen LogP contribution in [0, 0.1) is 5.41 Å². The summed E-state index contributed by atoms with van der Waals surface area (Å²) >= 11 is 2.88. The fourth-order valence-electron chi connectivity index (χ4n) is 1.10. The van der Waals surface area contributed by atoms with E-state index in [1.54, 1.807) is 6.92 Å². The van der Waals surface area contributed by atoms with E-state index in [0.29, 0.717) is 0 Å². The summed E-state index contributed by atoms with van der Waals surface area (Å²) in [5.74, 6) is -8.33. The van der Waals surface area contributed by atoms with E-state index in [4.69, 9.17) is 0 Å². The lowest BCUT2D eigenvalue weighted by Crippen LogP contribution is -2.53. The van der Waals surface area contributed by atoms with Crippen LogP contribution in [-0.4, -0.2) is 35.7 Å². The zero-order valence-corrected chi connectivity index (χ0v) is 11.8. The highest BCUT2D eigenvalue weighted by Crippen LogP contribution is 2.35. The minimum atomic E-state index is -5.96. The molecule has 0 aliphatic carbocycles. The SMILES string of the molecule is CCC(C)(CNC(=O)C(F)(F)C(F)(F)F)C(=O)CBr. The third-order valence-electron chi connectivity index (χ3n) is 2.86. The highest BCUT2D eigenvalue weighted by molar-refractivity contribution is 9.09. The predicted molar refractivity (Wildman–Crippen MR) is 61.2 cm³/mol. The Morgan fingerprint density at radius 1 is 1.16 bits per heavy atom. The number of carbonyl (C=O) groups is 2. The molecule has 0 aliphatic rings. The maximum absolute atomic E-state index is 12.7. The maximum atomic E-state index is 12.7. The van der Waals surface area contributed by atoms with Gasteiger partial charge in [-0.15, -0.1) is 0 Å². The van der Waals surface area contributed by atoms with Crippen molar-refractivity contribution in [1.29, 1.82) is 0 Å². The molecular formula is C10H13BrF5NO2. The van der Waals surface area contributed by atoms with Crippen LogP contribution in [0.25, 0.3) is 0 Å². The van der Waals surface area contributed by atoms with Crippen molar-refractivity contribution in [3.05, 3.63) is 0 Å². The molecule has 0 saturated heterocycles. The number of nitrogens with one attached hydrogen (secondary N) is 1. The molecule has 1 unspecified atom stereocenters. The zero-order valence-electron chi connectivity index (χ0n) is 10.2. The van der Waals surface area contributed by atoms with Gasteiger partial charge >= 0.3 is 12.1 Å². The van der Waals surface area contributed by atoms with Gasteiger partial charge in [0.25, 0.3) is 5.91 Å². The Bertz CT molecular complexity index is 358. The number of hydrogen-bond acceptors (Lipinski definition) is 2. The second-order valence-electron chi connectivity index (χ2n) is 4.23. The number of ketones is 1. The number of rotatable bonds is 6. The van der Waals surface area contributed by atoms with Crippen LogP contribution in [0.1, 0.15) is 20.3 Å². The minimum absolute atomic E-state index is 0.0805. The van der Waals surface area contributed by atoms with Crippen LogP contribution in [0.15, 0.2) is 0 Å². The summed E-state index contributed by atoms with van der Waals surface area (Å²) in [4.78, 5) is 22.4. The number of amides is 1. The van der Waals surface area contributed by atoms with E-state index >= 15 is 0 Å². The van der Waals surface area contributed by atoms with Crippen LogP contribution in [0.2, 0.25) is 0 Å². The third kappa shape index (κ3) is 4.12. The van der Waals surface area contributed by atoms with E-state index < -0.39 is 35.7 Å². The summed E-state index contributed by atoms with van der Waals surface area (Å²) < 4.78 is 61.1. The van der Waals surface area contributed by atoms with Crippen LogP contribution < -0.4 is 5.32 Å². The van der Waals surface area contributed by atoms with Gasteiger partial charge in [0.1, 0.15) is 0 Å². The topological polar surface area (TPSA) is 46.2 Å². The van der Waals surface area contributed by atoms with Crippen LogP contribution in [0.3, 0.4) is 0 Å². The van der Waals surface area contributed by atoms with E-state index in [9.17, 15) is 31.5 Å². The summed E-state index contributed by atoms with van der Waals surface area (Å²) in [7, 11) is 0. The molecule has 0 saturated carbocycles. The van der Waals surface area contributed by atoms with E-state index in [0.717, 1.165) is 0 Å². The van der Waals surface area contributed by atoms with Gasteiger partial charge in [0, 0.05) is 12.0 Å². The first-order valence-electron chi connectivity index (χ1n) is 5.24. The quantitative estimate of drug-likeness (QED) is 0.589. The van der Waals surface area contributed by atoms with Crippen LogP contribution in [-0.2, 0) is 9.59 Å². The molecule has 0 fully saturated rings. The third-order valence-corrected chi connectivity index (χ3v) is 3.36. The number of Topliss-reactive ketones (excluding diaryl/α,β-unsaturated/α-hetero) is 1. The van der Waals surface area contributed by atoms with Crippen molar-refractivity contribution in [3.63, 3.8) is 0 Å². The normalized spacial score (nSPS) is 15.8. The van der Waals surface area contributed by atoms with E-state index in [1.165, 1.54) is 12.2 Å². The molecule has 0 heterocycles. The molecule has 1 atom stereocenters. The summed E-state index contributed by atoms with van der Waals surface area (Å²) in [6, 6.07) is 0. The van der Waals surface area contributed by atoms with Gasteiger partial charge in [0.15, 0.2) is 5.78 Å². The summed E-state index contributed by atoms with van der Waals surface area (Å²) in [5.41, 5.74) is -1.19. The summed E-state index contributed by atoms with van der Waals surface area (Å²) in [5, 5.41) is 1.41. The van der Waals surface area contributed by atoms with Gasteiger partial charge in [-0.3, -0.25) is 9.59 Å². The lowest BCUT2D eigenvalue weighted by Gasteiger charge is -2.27. The first-order chi connectivity index (χ1) is 8.42. The number of hydrogen-bond donors (Lipinski definition) is 1. The number of halogens is 6. The summed E-state index contributed by atoms with van der Waals surface area (Å²) in [6.45, 7) is 2.36. The molecule has 0 bridgehead atoms. The molecule has 0 rings (SSSR count). The Kier molecular flexibility index (Phi) is 5.91. The second kappa shape index (κ2) is 6.15. The van der Waals surface area contributed by atoms with Crippen molar-refractivity contribution in [1.82, 2.24) is 5.32 Å². The van der Waals surface area contributed by atoms with Gasteiger partial charge in [-0.1, -0.05) is 29.8 Å². The standard InChI is InChI=1S/C10H13BrF5NO2/c1-3-8(2,6(18)4-11)5-17-7(19)9(12,13)10(14,15)16/h3-5H2,1-2H3,(H,17,19). The molecule has 0 aromatic rings. The fourth-order valence-corrected chi connectivity index (χ4v) is 1.77. The Morgan fingerprint density at radius 2 is 1.63 bits per heavy atom. The van der Waals surface area contributed by atoms with E-state index in [1.807, 2.05) is 0 Å². The molecule has 112 valence electrons. The van der Waals surface area contributed by atoms with Crippen molar-refractivity contribution in [2.45, 2.75) is 32.4 Å². The highest BCUT2D eigenvalue weighted by Gasteiger charge is 2.63. The predicted octanol–water partition coefficient (Wildman–Crippen LogP) is 2.68. The average Bonchev–Trinajstić information content (AvgIpc) is 2.32. The first-order valence-corrected chi connectivity index (χ1v) is 6.36. The Labute approximate surface area is 115 Å². The van der Waals surface area contributed by atoms with E-state index in [-0.39, 0.29) is 11.8 Å². The number of alkyl halides is 6. The molecule has 9 heteroatoms. The summed E-state index contributed by atoms with van der Waals surface area (Å²) in [6.07, 6.45) is -5.77. The van der Waals surface area contributed by atoms with Crippen LogP contribution >= 0.6 is 15.9 Å². The molecule has 1 N–H and O–H groups in total. The largest absolute Gasteiger partial charge is 0.463 e. The lowest BCUT2D eigenvalue weighted by atomic mass is 9.83. The monoisotopic (exact) mass is 353 g/mol. The molecule has 0 aromatic heterocycles. The molecular weight excluding hydrogens is 341 g/mol. The molecule has 1 amide bonds. The van der Waals surface area contributed by atoms with Crippen LogP contribution in [0.4, 0.5) is 22.0 Å². The van der Waals surface area contributed by atoms with E-state index in [2.05, 4.69) is 15.9 Å². The van der Waals surface area contributed by atoms with Gasteiger partial charge in [-0.25, -0.2) is 0 Å². The highest BCUT2D eigenvalue weighted by atomic mass is 79.9. The minimum Gasteiger partial charge on any atom is -0.350 e. The zero-order chi connectivity index (χ0) is 15.5. The molecule has 19 heavy (non-hydrogen) atoms. The van der Waals surface area contributed by atoms with Gasteiger partial charge < -0.3 is 5.32 Å². The van der Waals surface area contributed by atoms with Crippen molar-refractivity contribution in [2.75, 3.05) is 11.9 Å². The molecule has 0 spiro atoms. The van der Waals surface area contributed by atoms with Crippen molar-refractivity contribution in [3.8, 4) is 0 Å². The van der Waals surface area contributed by atoms with Gasteiger partial charge in [-0.05, 0) is 6.42 Å². The maximum Gasteiger partial charge on any atom is 0.463 e. The van der Waals surface area contributed by atoms with Gasteiger partial charge in [0.2, 0.25) is 0 Å². The Morgan fingerprint density at radius 3 is 1.95 bits per heavy atom. The molecule has 0 radical (unpaired) electrons. The second-order valence-corrected chi connectivity index (χ2v) is 4.79. The van der Waals surface area contributed by atoms with Crippen molar-refractivity contribution >= 4 is 27.6 Å². The molecule has 3 nitrogen and oxygen atoms in total. The number of carbonyl (C=O) groups excluding carboxylic acids is 2. The van der Waals surface area contributed by atoms with Crippen molar-refractivity contribution in [2.24, 2.45) is 5.41 Å². The van der Waals surface area contributed by atoms with Gasteiger partial charge in [0.05, 0.1) is 5.33 Å². The Hall–Kier alpha value is -0.730. The van der Waals surface area contributed by atoms with Gasteiger partial charge in [-0.2, -0.15) is 22.0 Å². The fraction of sp³-hybridized carbons (Fsp3) is 0.800. The molecule has 0 aromatic carbocycles.